The van der Waals surface area contributed by atoms with Gasteiger partial charge in [0.05, 0.1) is 11.3 Å². The smallest absolute Gasteiger partial charge is 0.255 e. The van der Waals surface area contributed by atoms with Crippen molar-refractivity contribution in [2.75, 3.05) is 17.8 Å². The molecule has 2 heterocycles. The quantitative estimate of drug-likeness (QED) is 0.494. The van der Waals surface area contributed by atoms with Gasteiger partial charge in [-0.3, -0.25) is 14.6 Å². The molecule has 1 aliphatic rings. The highest BCUT2D eigenvalue weighted by Crippen LogP contribution is 2.32. The third kappa shape index (κ3) is 4.20. The van der Waals surface area contributed by atoms with Gasteiger partial charge in [-0.2, -0.15) is 0 Å². The maximum absolute atomic E-state index is 12.9. The predicted octanol–water partition coefficient (Wildman–Crippen LogP) is 3.34. The fourth-order valence-electron chi connectivity index (χ4n) is 2.91. The molecule has 2 aromatic carbocycles. The Kier molecular flexibility index (Phi) is 5.53. The summed E-state index contributed by atoms with van der Waals surface area (Å²) in [5, 5.41) is 5.59. The molecule has 30 heavy (non-hydrogen) atoms. The SMILES string of the molecule is Nc1cc(NC(=O)c2ccncc2)c(C(=O)NCc2ccc3c(c2)OCO3)cc1Br. The lowest BCUT2D eigenvalue weighted by Crippen LogP contribution is -2.25. The van der Waals surface area contributed by atoms with Gasteiger partial charge in [-0.15, -0.1) is 0 Å². The Morgan fingerprint density at radius 1 is 1.03 bits per heavy atom. The summed E-state index contributed by atoms with van der Waals surface area (Å²) in [6.45, 7) is 0.459. The zero-order chi connectivity index (χ0) is 21.1. The summed E-state index contributed by atoms with van der Waals surface area (Å²) in [7, 11) is 0. The molecule has 0 saturated carbocycles. The predicted molar refractivity (Wildman–Crippen MR) is 114 cm³/mol. The van der Waals surface area contributed by atoms with Crippen LogP contribution in [0.15, 0.2) is 59.3 Å². The minimum atomic E-state index is -0.371. The number of carbonyl (C=O) groups excluding carboxylic acids is 2. The van der Waals surface area contributed by atoms with Crippen LogP contribution < -0.4 is 25.8 Å². The zero-order valence-corrected chi connectivity index (χ0v) is 17.2. The second-order valence-electron chi connectivity index (χ2n) is 6.48. The standard InChI is InChI=1S/C21H17BrN4O4/c22-15-8-14(17(9-16(15)23)26-20(27)13-3-5-24-6-4-13)21(28)25-10-12-1-2-18-19(7-12)30-11-29-18/h1-9H,10-11,23H2,(H,25,28)(H,26,27). The minimum Gasteiger partial charge on any atom is -0.454 e. The number of nitrogens with one attached hydrogen (secondary N) is 2. The molecule has 0 radical (unpaired) electrons. The number of pyridine rings is 1. The maximum Gasteiger partial charge on any atom is 0.255 e. The van der Waals surface area contributed by atoms with E-state index < -0.39 is 0 Å². The molecule has 0 bridgehead atoms. The average molecular weight is 469 g/mol. The number of hydrogen-bond donors (Lipinski definition) is 3. The minimum absolute atomic E-state index is 0.186. The Labute approximate surface area is 180 Å². The van der Waals surface area contributed by atoms with Gasteiger partial charge in [0.15, 0.2) is 11.5 Å². The van der Waals surface area contributed by atoms with Gasteiger partial charge in [0.2, 0.25) is 6.79 Å². The monoisotopic (exact) mass is 468 g/mol. The molecule has 152 valence electrons. The van der Waals surface area contributed by atoms with Crippen molar-refractivity contribution in [1.29, 1.82) is 0 Å². The lowest BCUT2D eigenvalue weighted by atomic mass is 10.1. The van der Waals surface area contributed by atoms with Crippen LogP contribution in [-0.4, -0.2) is 23.6 Å². The van der Waals surface area contributed by atoms with Crippen molar-refractivity contribution in [3.63, 3.8) is 0 Å². The fraction of sp³-hybridized carbons (Fsp3) is 0.0952. The largest absolute Gasteiger partial charge is 0.454 e. The Morgan fingerprint density at radius 2 is 1.80 bits per heavy atom. The van der Waals surface area contributed by atoms with Gasteiger partial charge in [-0.05, 0) is 57.9 Å². The van der Waals surface area contributed by atoms with Crippen LogP contribution in [0.4, 0.5) is 11.4 Å². The number of fused-ring (bicyclic) bond motifs is 1. The molecule has 9 heteroatoms. The number of anilines is 2. The van der Waals surface area contributed by atoms with Crippen LogP contribution in [0.2, 0.25) is 0 Å². The summed E-state index contributed by atoms with van der Waals surface area (Å²) >= 11 is 3.33. The number of aromatic nitrogens is 1. The van der Waals surface area contributed by atoms with Crippen LogP contribution in [0.3, 0.4) is 0 Å². The molecule has 0 saturated heterocycles. The molecule has 1 aliphatic heterocycles. The number of rotatable bonds is 5. The van der Waals surface area contributed by atoms with Gasteiger partial charge in [-0.1, -0.05) is 6.07 Å². The number of nitrogens with two attached hydrogens (primary N) is 1. The van der Waals surface area contributed by atoms with Crippen LogP contribution in [-0.2, 0) is 6.54 Å². The van der Waals surface area contributed by atoms with Crippen molar-refractivity contribution < 1.29 is 19.1 Å². The number of amides is 2. The number of benzene rings is 2. The van der Waals surface area contributed by atoms with Crippen molar-refractivity contribution >= 4 is 39.1 Å². The van der Waals surface area contributed by atoms with E-state index in [1.807, 2.05) is 12.1 Å². The number of halogens is 1. The molecule has 3 aromatic rings. The van der Waals surface area contributed by atoms with Crippen molar-refractivity contribution in [1.82, 2.24) is 10.3 Å². The first-order chi connectivity index (χ1) is 14.5. The van der Waals surface area contributed by atoms with E-state index in [-0.39, 0.29) is 30.7 Å². The molecule has 0 fully saturated rings. The summed E-state index contributed by atoms with van der Waals surface area (Å²) in [6.07, 6.45) is 3.04. The normalized spacial score (nSPS) is 11.8. The van der Waals surface area contributed by atoms with Gasteiger partial charge in [0.1, 0.15) is 0 Å². The van der Waals surface area contributed by atoms with Crippen LogP contribution in [0.25, 0.3) is 0 Å². The van der Waals surface area contributed by atoms with E-state index in [0.29, 0.717) is 32.9 Å². The van der Waals surface area contributed by atoms with Crippen LogP contribution >= 0.6 is 15.9 Å². The van der Waals surface area contributed by atoms with E-state index in [1.165, 1.54) is 12.4 Å². The average Bonchev–Trinajstić information content (AvgIpc) is 3.23. The van der Waals surface area contributed by atoms with E-state index in [9.17, 15) is 9.59 Å². The molecular weight excluding hydrogens is 452 g/mol. The van der Waals surface area contributed by atoms with Crippen LogP contribution in [0.1, 0.15) is 26.3 Å². The molecule has 4 rings (SSSR count). The third-order valence-corrected chi connectivity index (χ3v) is 5.15. The highest BCUT2D eigenvalue weighted by atomic mass is 79.9. The van der Waals surface area contributed by atoms with Crippen LogP contribution in [0.5, 0.6) is 11.5 Å². The number of nitrogen functional groups attached to an aromatic ring is 1. The van der Waals surface area contributed by atoms with Crippen molar-refractivity contribution in [2.24, 2.45) is 0 Å². The van der Waals surface area contributed by atoms with E-state index in [1.54, 1.807) is 30.3 Å². The summed E-state index contributed by atoms with van der Waals surface area (Å²) in [4.78, 5) is 29.3. The second kappa shape index (κ2) is 8.42. The molecule has 2 amide bonds. The highest BCUT2D eigenvalue weighted by Gasteiger charge is 2.18. The molecule has 4 N–H and O–H groups in total. The topological polar surface area (TPSA) is 116 Å². The molecule has 0 unspecified atom stereocenters. The number of nitrogens with zero attached hydrogens (tertiary/aromatic N) is 1. The number of hydrogen-bond acceptors (Lipinski definition) is 6. The lowest BCUT2D eigenvalue weighted by molar-refractivity contribution is 0.0951. The number of ether oxygens (including phenoxy) is 2. The molecule has 1 aromatic heterocycles. The molecule has 8 nitrogen and oxygen atoms in total. The van der Waals surface area contributed by atoms with Gasteiger partial charge in [0, 0.05) is 34.7 Å². The molecule has 0 atom stereocenters. The Hall–Kier alpha value is -3.59. The van der Waals surface area contributed by atoms with Gasteiger partial charge < -0.3 is 25.8 Å². The van der Waals surface area contributed by atoms with Crippen molar-refractivity contribution in [3.05, 3.63) is 76.0 Å². The van der Waals surface area contributed by atoms with E-state index >= 15 is 0 Å². The van der Waals surface area contributed by atoms with Crippen molar-refractivity contribution in [2.45, 2.75) is 6.54 Å². The van der Waals surface area contributed by atoms with Gasteiger partial charge in [-0.25, -0.2) is 0 Å². The lowest BCUT2D eigenvalue weighted by Gasteiger charge is -2.14. The Balaban J connectivity index is 1.52. The fourth-order valence-corrected chi connectivity index (χ4v) is 3.25. The first kappa shape index (κ1) is 19.7. The summed E-state index contributed by atoms with van der Waals surface area (Å²) in [5.74, 6) is 0.582. The third-order valence-electron chi connectivity index (χ3n) is 4.46. The molecule has 0 spiro atoms. The maximum atomic E-state index is 12.9. The van der Waals surface area contributed by atoms with E-state index in [4.69, 9.17) is 15.2 Å². The van der Waals surface area contributed by atoms with Gasteiger partial charge >= 0.3 is 0 Å². The van der Waals surface area contributed by atoms with E-state index in [2.05, 4.69) is 31.5 Å². The van der Waals surface area contributed by atoms with Gasteiger partial charge in [0.25, 0.3) is 11.8 Å². The highest BCUT2D eigenvalue weighted by molar-refractivity contribution is 9.10. The van der Waals surface area contributed by atoms with E-state index in [0.717, 1.165) is 5.56 Å². The second-order valence-corrected chi connectivity index (χ2v) is 7.33. The summed E-state index contributed by atoms with van der Waals surface area (Å²) in [5.41, 5.74) is 8.20. The summed E-state index contributed by atoms with van der Waals surface area (Å²) in [6, 6.07) is 11.7. The summed E-state index contributed by atoms with van der Waals surface area (Å²) < 4.78 is 11.2. The first-order valence-electron chi connectivity index (χ1n) is 8.98. The number of carbonyl (C=O) groups is 2. The van der Waals surface area contributed by atoms with Crippen LogP contribution in [0, 0.1) is 0 Å². The first-order valence-corrected chi connectivity index (χ1v) is 9.77. The Morgan fingerprint density at radius 3 is 2.60 bits per heavy atom. The molecular formula is C21H17BrN4O4. The molecule has 0 aliphatic carbocycles. The Bertz CT molecular complexity index is 1120. The van der Waals surface area contributed by atoms with Crippen molar-refractivity contribution in [3.8, 4) is 11.5 Å². The zero-order valence-electron chi connectivity index (χ0n) is 15.6.